The summed E-state index contributed by atoms with van der Waals surface area (Å²) in [5.74, 6) is 3.45. The first-order valence-corrected chi connectivity index (χ1v) is 11.1. The van der Waals surface area contributed by atoms with Crippen LogP contribution in [0.5, 0.6) is 0 Å². The largest absolute Gasteiger partial charge is 0.307 e. The molecule has 0 amide bonds. The molecule has 5 aromatic rings. The van der Waals surface area contributed by atoms with Crippen LogP contribution in [-0.2, 0) is 13.1 Å². The lowest BCUT2D eigenvalue weighted by molar-refractivity contribution is 0.908. The standard InChI is InChI=1S/C28H24N6/c1-5-17-29-25(9-1)33(26-10-2-6-18-30-26)21-23-13-15-24(16-14-23)22-34(27-11-3-7-19-31-27)28-12-4-8-20-32-28/h1-20H,21-22H2. The summed E-state index contributed by atoms with van der Waals surface area (Å²) in [4.78, 5) is 22.4. The van der Waals surface area contributed by atoms with E-state index in [1.165, 1.54) is 11.1 Å². The quantitative estimate of drug-likeness (QED) is 0.295. The number of rotatable bonds is 8. The van der Waals surface area contributed by atoms with Crippen LogP contribution in [0.3, 0.4) is 0 Å². The average molecular weight is 445 g/mol. The Labute approximate surface area is 199 Å². The minimum absolute atomic E-state index is 0.665. The van der Waals surface area contributed by atoms with Crippen LogP contribution in [0.2, 0.25) is 0 Å². The lowest BCUT2D eigenvalue weighted by atomic mass is 10.1. The highest BCUT2D eigenvalue weighted by Crippen LogP contribution is 2.26. The summed E-state index contributed by atoms with van der Waals surface area (Å²) in [5.41, 5.74) is 2.34. The van der Waals surface area contributed by atoms with Crippen LogP contribution in [0.25, 0.3) is 0 Å². The van der Waals surface area contributed by atoms with Crippen molar-refractivity contribution >= 4 is 23.3 Å². The second-order valence-corrected chi connectivity index (χ2v) is 7.74. The van der Waals surface area contributed by atoms with Crippen molar-refractivity contribution in [3.05, 3.63) is 133 Å². The molecule has 0 fully saturated rings. The zero-order valence-corrected chi connectivity index (χ0v) is 18.6. The number of hydrogen-bond acceptors (Lipinski definition) is 6. The van der Waals surface area contributed by atoms with E-state index in [0.717, 1.165) is 23.3 Å². The number of anilines is 4. The summed E-state index contributed by atoms with van der Waals surface area (Å²) in [5, 5.41) is 0. The number of pyridine rings is 4. The van der Waals surface area contributed by atoms with Gasteiger partial charge in [-0.1, -0.05) is 48.5 Å². The Balaban J connectivity index is 1.38. The summed E-state index contributed by atoms with van der Waals surface area (Å²) in [6, 6.07) is 32.3. The first-order chi connectivity index (χ1) is 16.9. The third kappa shape index (κ3) is 5.07. The molecule has 4 aromatic heterocycles. The SMILES string of the molecule is c1ccc(N(Cc2ccc(CN(c3ccccn3)c3ccccn3)cc2)c2ccccn2)nc1. The maximum Gasteiger partial charge on any atom is 0.134 e. The fourth-order valence-corrected chi connectivity index (χ4v) is 3.73. The molecule has 0 radical (unpaired) electrons. The molecule has 5 rings (SSSR count). The number of hydrogen-bond donors (Lipinski definition) is 0. The van der Waals surface area contributed by atoms with Gasteiger partial charge in [-0.3, -0.25) is 0 Å². The van der Waals surface area contributed by atoms with Crippen molar-refractivity contribution in [2.24, 2.45) is 0 Å². The van der Waals surface area contributed by atoms with E-state index in [2.05, 4.69) is 54.0 Å². The Morgan fingerprint density at radius 2 is 0.676 bits per heavy atom. The summed E-state index contributed by atoms with van der Waals surface area (Å²) in [7, 11) is 0. The van der Waals surface area contributed by atoms with Gasteiger partial charge in [-0.05, 0) is 59.7 Å². The van der Waals surface area contributed by atoms with Gasteiger partial charge in [-0.25, -0.2) is 19.9 Å². The lowest BCUT2D eigenvalue weighted by Crippen LogP contribution is -2.19. The molecular weight excluding hydrogens is 420 g/mol. The van der Waals surface area contributed by atoms with Gasteiger partial charge in [0.1, 0.15) is 23.3 Å². The van der Waals surface area contributed by atoms with Gasteiger partial charge < -0.3 is 9.80 Å². The van der Waals surface area contributed by atoms with Crippen molar-refractivity contribution in [3.8, 4) is 0 Å². The predicted octanol–water partition coefficient (Wildman–Crippen LogP) is 5.94. The summed E-state index contributed by atoms with van der Waals surface area (Å²) in [6.07, 6.45) is 7.22. The van der Waals surface area contributed by atoms with Crippen LogP contribution in [0.1, 0.15) is 11.1 Å². The maximum absolute atomic E-state index is 4.54. The highest BCUT2D eigenvalue weighted by molar-refractivity contribution is 5.57. The molecule has 0 aliphatic heterocycles. The summed E-state index contributed by atoms with van der Waals surface area (Å²) >= 11 is 0. The zero-order chi connectivity index (χ0) is 23.0. The maximum atomic E-state index is 4.54. The van der Waals surface area contributed by atoms with Crippen molar-refractivity contribution in [3.63, 3.8) is 0 Å². The molecule has 0 spiro atoms. The fourth-order valence-electron chi connectivity index (χ4n) is 3.73. The van der Waals surface area contributed by atoms with E-state index < -0.39 is 0 Å². The van der Waals surface area contributed by atoms with Gasteiger partial charge in [-0.15, -0.1) is 0 Å². The number of aromatic nitrogens is 4. The van der Waals surface area contributed by atoms with E-state index in [9.17, 15) is 0 Å². The minimum atomic E-state index is 0.665. The zero-order valence-electron chi connectivity index (χ0n) is 18.6. The summed E-state index contributed by atoms with van der Waals surface area (Å²) in [6.45, 7) is 1.33. The van der Waals surface area contributed by atoms with Gasteiger partial charge in [0.2, 0.25) is 0 Å². The monoisotopic (exact) mass is 444 g/mol. The van der Waals surface area contributed by atoms with Crippen molar-refractivity contribution in [2.75, 3.05) is 9.80 Å². The second kappa shape index (κ2) is 10.4. The van der Waals surface area contributed by atoms with E-state index in [0.29, 0.717) is 13.1 Å². The molecule has 0 atom stereocenters. The Hall–Kier alpha value is -4.58. The first-order valence-electron chi connectivity index (χ1n) is 11.1. The Morgan fingerprint density at radius 3 is 0.912 bits per heavy atom. The second-order valence-electron chi connectivity index (χ2n) is 7.74. The molecule has 6 heteroatoms. The van der Waals surface area contributed by atoms with Gasteiger partial charge in [-0.2, -0.15) is 0 Å². The molecule has 0 saturated heterocycles. The van der Waals surface area contributed by atoms with E-state index in [1.54, 1.807) is 24.8 Å². The third-order valence-corrected chi connectivity index (χ3v) is 5.41. The van der Waals surface area contributed by atoms with Crippen molar-refractivity contribution in [1.82, 2.24) is 19.9 Å². The molecule has 0 bridgehead atoms. The van der Waals surface area contributed by atoms with Crippen LogP contribution in [0.4, 0.5) is 23.3 Å². The highest BCUT2D eigenvalue weighted by atomic mass is 15.2. The van der Waals surface area contributed by atoms with Gasteiger partial charge >= 0.3 is 0 Å². The molecule has 6 nitrogen and oxygen atoms in total. The molecule has 166 valence electrons. The Bertz CT molecular complexity index is 1100. The normalized spacial score (nSPS) is 10.6. The van der Waals surface area contributed by atoms with Crippen LogP contribution in [0.15, 0.2) is 122 Å². The average Bonchev–Trinajstić information content (AvgIpc) is 2.93. The molecule has 0 aliphatic carbocycles. The van der Waals surface area contributed by atoms with Gasteiger partial charge in [0, 0.05) is 24.8 Å². The summed E-state index contributed by atoms with van der Waals surface area (Å²) < 4.78 is 0. The van der Waals surface area contributed by atoms with Crippen molar-refractivity contribution in [2.45, 2.75) is 13.1 Å². The van der Waals surface area contributed by atoms with Gasteiger partial charge in [0.25, 0.3) is 0 Å². The molecule has 0 aliphatic rings. The van der Waals surface area contributed by atoms with Crippen LogP contribution < -0.4 is 9.80 Å². The molecule has 1 aromatic carbocycles. The van der Waals surface area contributed by atoms with E-state index >= 15 is 0 Å². The molecule has 4 heterocycles. The highest BCUT2D eigenvalue weighted by Gasteiger charge is 2.14. The van der Waals surface area contributed by atoms with Crippen molar-refractivity contribution in [1.29, 1.82) is 0 Å². The minimum Gasteiger partial charge on any atom is -0.307 e. The van der Waals surface area contributed by atoms with E-state index in [4.69, 9.17) is 0 Å². The number of benzene rings is 1. The Morgan fingerprint density at radius 1 is 0.382 bits per heavy atom. The molecular formula is C28H24N6. The topological polar surface area (TPSA) is 58.0 Å². The molecule has 34 heavy (non-hydrogen) atoms. The van der Waals surface area contributed by atoms with Crippen LogP contribution >= 0.6 is 0 Å². The van der Waals surface area contributed by atoms with Gasteiger partial charge in [0.05, 0.1) is 13.1 Å². The van der Waals surface area contributed by atoms with Crippen LogP contribution in [-0.4, -0.2) is 19.9 Å². The van der Waals surface area contributed by atoms with Gasteiger partial charge in [0.15, 0.2) is 0 Å². The molecule has 0 unspecified atom stereocenters. The number of nitrogens with zero attached hydrogens (tertiary/aromatic N) is 6. The van der Waals surface area contributed by atoms with Crippen molar-refractivity contribution < 1.29 is 0 Å². The third-order valence-electron chi connectivity index (χ3n) is 5.41. The lowest BCUT2D eigenvalue weighted by Gasteiger charge is -2.24. The fraction of sp³-hybridized carbons (Fsp3) is 0.0714. The molecule has 0 N–H and O–H groups in total. The van der Waals surface area contributed by atoms with Crippen LogP contribution in [0, 0.1) is 0 Å². The predicted molar refractivity (Wildman–Crippen MR) is 135 cm³/mol. The van der Waals surface area contributed by atoms with E-state index in [-0.39, 0.29) is 0 Å². The first kappa shape index (κ1) is 21.3. The molecule has 0 saturated carbocycles. The Kier molecular flexibility index (Phi) is 6.48. The van der Waals surface area contributed by atoms with E-state index in [1.807, 2.05) is 72.8 Å². The smallest absolute Gasteiger partial charge is 0.134 e.